The van der Waals surface area contributed by atoms with E-state index in [1.165, 1.54) is 0 Å². The summed E-state index contributed by atoms with van der Waals surface area (Å²) < 4.78 is 0. The smallest absolute Gasteiger partial charge is 1.00 e. The van der Waals surface area contributed by atoms with Gasteiger partial charge in [-0.2, -0.15) is 0 Å². The van der Waals surface area contributed by atoms with Gasteiger partial charge in [-0.15, -0.1) is 0 Å². The van der Waals surface area contributed by atoms with Crippen LogP contribution in [0.1, 0.15) is 0 Å². The minimum Gasteiger partial charge on any atom is -1.00 e. The molecule has 1 radical (unpaired) electrons. The standard InChI is InChI=1S/C6H18N4.2ClH.Cu/c7-1-4-10(5-2-8)6-3-9;;;/h1-9H2;2*1H;/q;;;+2/p-2. The summed E-state index contributed by atoms with van der Waals surface area (Å²) in [5, 5.41) is 0. The number of rotatable bonds is 6. The Morgan fingerprint density at radius 2 is 0.923 bits per heavy atom. The average molecular weight is 281 g/mol. The Morgan fingerprint density at radius 3 is 1.08 bits per heavy atom. The van der Waals surface area contributed by atoms with Crippen LogP contribution in [0.25, 0.3) is 0 Å². The fraction of sp³-hybridized carbons (Fsp3) is 1.00. The van der Waals surface area contributed by atoms with Crippen LogP contribution in [0.5, 0.6) is 0 Å². The Bertz CT molecular complexity index is 65.4. The van der Waals surface area contributed by atoms with Crippen LogP contribution in [0.2, 0.25) is 0 Å². The number of nitrogens with zero attached hydrogens (tertiary/aromatic N) is 1. The summed E-state index contributed by atoms with van der Waals surface area (Å²) in [6.45, 7) is 4.73. The van der Waals surface area contributed by atoms with Gasteiger partial charge in [0.05, 0.1) is 0 Å². The minimum absolute atomic E-state index is 0. The van der Waals surface area contributed by atoms with E-state index in [4.69, 9.17) is 17.2 Å². The molecular formula is C6H18Cl2CuN4. The molecule has 0 fully saturated rings. The van der Waals surface area contributed by atoms with Crippen molar-refractivity contribution in [2.24, 2.45) is 17.2 Å². The first-order chi connectivity index (χ1) is 4.85. The predicted octanol–water partition coefficient (Wildman–Crippen LogP) is -7.83. The molecule has 13 heavy (non-hydrogen) atoms. The second-order valence-electron chi connectivity index (χ2n) is 2.21. The van der Waals surface area contributed by atoms with Crippen molar-refractivity contribution in [2.75, 3.05) is 39.3 Å². The van der Waals surface area contributed by atoms with Crippen LogP contribution in [0.4, 0.5) is 0 Å². The zero-order valence-electron chi connectivity index (χ0n) is 7.48. The first-order valence-corrected chi connectivity index (χ1v) is 3.67. The molecule has 0 spiro atoms. The molecule has 0 saturated carbocycles. The summed E-state index contributed by atoms with van der Waals surface area (Å²) in [5.74, 6) is 0. The van der Waals surface area contributed by atoms with Crippen molar-refractivity contribution in [1.29, 1.82) is 0 Å². The molecule has 0 amide bonds. The monoisotopic (exact) mass is 279 g/mol. The van der Waals surface area contributed by atoms with E-state index < -0.39 is 0 Å². The maximum Gasteiger partial charge on any atom is 2.00 e. The minimum atomic E-state index is 0. The molecular weight excluding hydrogens is 263 g/mol. The van der Waals surface area contributed by atoms with Crippen LogP contribution >= 0.6 is 0 Å². The molecule has 0 aromatic rings. The van der Waals surface area contributed by atoms with E-state index in [0.29, 0.717) is 19.6 Å². The molecule has 87 valence electrons. The molecule has 0 atom stereocenters. The molecule has 0 aromatic heterocycles. The third kappa shape index (κ3) is 15.7. The van der Waals surface area contributed by atoms with Gasteiger partial charge in [-0.3, -0.25) is 4.90 Å². The van der Waals surface area contributed by atoms with Crippen LogP contribution in [-0.2, 0) is 17.1 Å². The van der Waals surface area contributed by atoms with E-state index in [0.717, 1.165) is 19.6 Å². The van der Waals surface area contributed by atoms with Crippen molar-refractivity contribution in [2.45, 2.75) is 0 Å². The van der Waals surface area contributed by atoms with Crippen molar-refractivity contribution in [3.8, 4) is 0 Å². The molecule has 0 aliphatic carbocycles. The SMILES string of the molecule is NCCN(CCN)CCN.[Cl-].[Cl-].[Cu+2]. The molecule has 0 aromatic carbocycles. The zero-order valence-corrected chi connectivity index (χ0v) is 9.93. The van der Waals surface area contributed by atoms with Crippen molar-refractivity contribution in [1.82, 2.24) is 4.90 Å². The first kappa shape index (κ1) is 23.6. The van der Waals surface area contributed by atoms with Crippen LogP contribution in [0, 0.1) is 0 Å². The molecule has 6 N–H and O–H groups in total. The van der Waals surface area contributed by atoms with E-state index in [1.54, 1.807) is 0 Å². The van der Waals surface area contributed by atoms with E-state index in [1.807, 2.05) is 0 Å². The molecule has 0 saturated heterocycles. The topological polar surface area (TPSA) is 81.3 Å². The average Bonchev–Trinajstić information content (AvgIpc) is 1.90. The van der Waals surface area contributed by atoms with Gasteiger partial charge >= 0.3 is 17.1 Å². The van der Waals surface area contributed by atoms with Gasteiger partial charge in [0.1, 0.15) is 0 Å². The maximum absolute atomic E-state index is 5.37. The first-order valence-electron chi connectivity index (χ1n) is 3.67. The van der Waals surface area contributed by atoms with Crippen LogP contribution in [-0.4, -0.2) is 44.2 Å². The van der Waals surface area contributed by atoms with Gasteiger partial charge in [0.25, 0.3) is 0 Å². The second-order valence-corrected chi connectivity index (χ2v) is 2.21. The third-order valence-corrected chi connectivity index (χ3v) is 1.34. The van der Waals surface area contributed by atoms with Gasteiger partial charge in [-0.25, -0.2) is 0 Å². The number of halogens is 2. The Morgan fingerprint density at radius 1 is 0.692 bits per heavy atom. The molecule has 7 heteroatoms. The number of nitrogens with two attached hydrogens (primary N) is 3. The summed E-state index contributed by atoms with van der Waals surface area (Å²) in [7, 11) is 0. The van der Waals surface area contributed by atoms with Gasteiger partial charge in [0.15, 0.2) is 0 Å². The van der Waals surface area contributed by atoms with Crippen molar-refractivity contribution in [3.63, 3.8) is 0 Å². The van der Waals surface area contributed by atoms with Crippen LogP contribution in [0.3, 0.4) is 0 Å². The molecule has 0 rings (SSSR count). The molecule has 0 aliphatic rings. The summed E-state index contributed by atoms with van der Waals surface area (Å²) in [6, 6.07) is 0. The van der Waals surface area contributed by atoms with Gasteiger partial charge in [-0.05, 0) is 0 Å². The largest absolute Gasteiger partial charge is 2.00 e. The number of hydrogen-bond acceptors (Lipinski definition) is 4. The van der Waals surface area contributed by atoms with E-state index in [-0.39, 0.29) is 41.9 Å². The second kappa shape index (κ2) is 18.7. The summed E-state index contributed by atoms with van der Waals surface area (Å²) >= 11 is 0. The normalized spacial score (nSPS) is 8.31. The van der Waals surface area contributed by atoms with E-state index in [9.17, 15) is 0 Å². The Balaban J connectivity index is -0.000000135. The number of hydrogen-bond donors (Lipinski definition) is 3. The summed E-state index contributed by atoms with van der Waals surface area (Å²) in [4.78, 5) is 2.17. The van der Waals surface area contributed by atoms with Gasteiger partial charge < -0.3 is 42.0 Å². The molecule has 4 nitrogen and oxygen atoms in total. The molecule has 0 unspecified atom stereocenters. The van der Waals surface area contributed by atoms with Crippen molar-refractivity contribution < 1.29 is 41.9 Å². The molecule has 0 bridgehead atoms. The Kier molecular flexibility index (Phi) is 33.9. The fourth-order valence-electron chi connectivity index (χ4n) is 0.883. The summed E-state index contributed by atoms with van der Waals surface area (Å²) in [6.07, 6.45) is 0. The zero-order chi connectivity index (χ0) is 7.82. The van der Waals surface area contributed by atoms with Crippen molar-refractivity contribution >= 4 is 0 Å². The molecule has 0 aliphatic heterocycles. The van der Waals surface area contributed by atoms with Gasteiger partial charge in [0, 0.05) is 39.3 Å². The molecule has 0 heterocycles. The Hall–Kier alpha value is 0.939. The summed E-state index contributed by atoms with van der Waals surface area (Å²) in [5.41, 5.74) is 16.1. The van der Waals surface area contributed by atoms with Gasteiger partial charge in [0.2, 0.25) is 0 Å². The van der Waals surface area contributed by atoms with Crippen LogP contribution in [0.15, 0.2) is 0 Å². The quantitative estimate of drug-likeness (QED) is 0.422. The van der Waals surface area contributed by atoms with E-state index >= 15 is 0 Å². The maximum atomic E-state index is 5.37. The van der Waals surface area contributed by atoms with Crippen molar-refractivity contribution in [3.05, 3.63) is 0 Å². The Labute approximate surface area is 103 Å². The van der Waals surface area contributed by atoms with Crippen LogP contribution < -0.4 is 42.0 Å². The fourth-order valence-corrected chi connectivity index (χ4v) is 0.883. The third-order valence-electron chi connectivity index (χ3n) is 1.34. The van der Waals surface area contributed by atoms with Gasteiger partial charge in [-0.1, -0.05) is 0 Å². The van der Waals surface area contributed by atoms with E-state index in [2.05, 4.69) is 4.90 Å². The predicted molar refractivity (Wildman–Crippen MR) is 43.6 cm³/mol.